The van der Waals surface area contributed by atoms with Crippen molar-refractivity contribution in [1.82, 2.24) is 10.3 Å². The summed E-state index contributed by atoms with van der Waals surface area (Å²) in [5.41, 5.74) is 6.81. The largest absolute Gasteiger partial charge is 0.369 e. The van der Waals surface area contributed by atoms with Crippen molar-refractivity contribution in [2.45, 2.75) is 19.3 Å². The van der Waals surface area contributed by atoms with Crippen LogP contribution in [0.5, 0.6) is 0 Å². The molecule has 2 aromatic carbocycles. The minimum absolute atomic E-state index is 0.119. The van der Waals surface area contributed by atoms with Gasteiger partial charge in [-0.15, -0.1) is 0 Å². The average Bonchev–Trinajstić information content (AvgIpc) is 3.28. The highest BCUT2D eigenvalue weighted by molar-refractivity contribution is 7.74. The van der Waals surface area contributed by atoms with Crippen molar-refractivity contribution in [2.75, 3.05) is 19.4 Å². The molecule has 1 aliphatic carbocycles. The number of hydrogen-bond acceptors (Lipinski definition) is 2. The number of carbonyl (C=O) groups excluding carboxylic acids is 2. The molecule has 0 radical (unpaired) electrons. The van der Waals surface area contributed by atoms with Gasteiger partial charge in [0.25, 0.3) is 0 Å². The van der Waals surface area contributed by atoms with Crippen LogP contribution in [0.1, 0.15) is 19.3 Å². The molecular formula is C23H25F3N3O2P. The Bertz CT molecular complexity index is 1100. The average molecular weight is 463 g/mol. The van der Waals surface area contributed by atoms with Gasteiger partial charge < -0.3 is 16.0 Å². The molecule has 5 rings (SSSR count). The summed E-state index contributed by atoms with van der Waals surface area (Å²) < 4.78 is 39.4. The van der Waals surface area contributed by atoms with E-state index in [1.165, 1.54) is 24.6 Å². The number of primary amides is 1. The van der Waals surface area contributed by atoms with Crippen LogP contribution in [-0.4, -0.2) is 35.9 Å². The smallest absolute Gasteiger partial charge is 0.240 e. The van der Waals surface area contributed by atoms with Crippen LogP contribution in [0.3, 0.4) is 0 Å². The van der Waals surface area contributed by atoms with Gasteiger partial charge in [0, 0.05) is 29.6 Å². The summed E-state index contributed by atoms with van der Waals surface area (Å²) in [5.74, 6) is -1.50. The van der Waals surface area contributed by atoms with Gasteiger partial charge >= 0.3 is 0 Å². The van der Waals surface area contributed by atoms with Gasteiger partial charge in [-0.1, -0.05) is 6.42 Å². The Morgan fingerprint density at radius 2 is 1.75 bits per heavy atom. The van der Waals surface area contributed by atoms with Crippen LogP contribution in [-0.2, 0) is 4.79 Å². The summed E-state index contributed by atoms with van der Waals surface area (Å²) in [5, 5.41) is 3.21. The quantitative estimate of drug-likeness (QED) is 0.448. The molecule has 2 heterocycles. The van der Waals surface area contributed by atoms with Gasteiger partial charge in [-0.25, -0.2) is 13.2 Å². The molecule has 3 aromatic rings. The molecule has 0 bridgehead atoms. The fourth-order valence-electron chi connectivity index (χ4n) is 3.21. The fourth-order valence-corrected chi connectivity index (χ4v) is 4.24. The lowest BCUT2D eigenvalue weighted by Crippen LogP contribution is -2.28. The predicted octanol–water partition coefficient (Wildman–Crippen LogP) is 5.35. The van der Waals surface area contributed by atoms with Crippen LogP contribution in [0.4, 0.5) is 18.0 Å². The Morgan fingerprint density at radius 3 is 2.19 bits per heavy atom. The molecule has 1 aromatic heterocycles. The topological polar surface area (TPSA) is 88.0 Å². The van der Waals surface area contributed by atoms with E-state index in [0.717, 1.165) is 31.6 Å². The van der Waals surface area contributed by atoms with Crippen molar-refractivity contribution in [1.29, 1.82) is 0 Å². The van der Waals surface area contributed by atoms with E-state index < -0.39 is 11.6 Å². The number of hydrogen-bond donors (Lipinski definition) is 3. The van der Waals surface area contributed by atoms with E-state index in [-0.39, 0.29) is 36.7 Å². The second kappa shape index (κ2) is 10.6. The van der Waals surface area contributed by atoms with Crippen LogP contribution in [0.15, 0.2) is 42.5 Å². The van der Waals surface area contributed by atoms with Crippen molar-refractivity contribution < 1.29 is 22.8 Å². The van der Waals surface area contributed by atoms with Crippen LogP contribution in [0, 0.1) is 23.4 Å². The number of H-pyrrole nitrogens is 1. The molecule has 2 aliphatic rings. The minimum Gasteiger partial charge on any atom is -0.369 e. The van der Waals surface area contributed by atoms with Crippen LogP contribution < -0.4 is 11.1 Å². The summed E-state index contributed by atoms with van der Waals surface area (Å²) in [6.45, 7) is 2.92. The number of benzene rings is 2. The van der Waals surface area contributed by atoms with Gasteiger partial charge in [-0.05, 0) is 75.6 Å². The third-order valence-electron chi connectivity index (χ3n) is 5.38. The second-order valence-corrected chi connectivity index (χ2v) is 9.97. The normalized spacial score (nSPS) is 17.5. The van der Waals surface area contributed by atoms with E-state index in [1.54, 1.807) is 18.2 Å². The summed E-state index contributed by atoms with van der Waals surface area (Å²) in [6.07, 6.45) is 4.31. The lowest BCUT2D eigenvalue weighted by molar-refractivity contribution is -0.124. The predicted molar refractivity (Wildman–Crippen MR) is 121 cm³/mol. The first-order valence-corrected chi connectivity index (χ1v) is 12.2. The van der Waals surface area contributed by atoms with Gasteiger partial charge in [0.2, 0.25) is 11.6 Å². The molecule has 2 amide bonds. The third-order valence-corrected chi connectivity index (χ3v) is 7.12. The first kappa shape index (κ1) is 23.8. The van der Waals surface area contributed by atoms with Crippen molar-refractivity contribution in [3.05, 3.63) is 59.9 Å². The number of amides is 2. The lowest BCUT2D eigenvalue weighted by Gasteiger charge is -2.20. The fraction of sp³-hybridized carbons (Fsp3) is 0.304. The molecule has 2 fully saturated rings. The second-order valence-electron chi connectivity index (χ2n) is 7.73. The van der Waals surface area contributed by atoms with E-state index in [0.29, 0.717) is 16.6 Å². The van der Waals surface area contributed by atoms with Crippen LogP contribution >= 0.6 is 7.92 Å². The Balaban J connectivity index is 0.000000169. The highest BCUT2D eigenvalue weighted by Gasteiger charge is 2.22. The van der Waals surface area contributed by atoms with Gasteiger partial charge in [0.15, 0.2) is 0 Å². The van der Waals surface area contributed by atoms with E-state index in [1.807, 2.05) is 6.66 Å². The molecule has 1 aliphatic heterocycles. The Labute approximate surface area is 185 Å². The monoisotopic (exact) mass is 463 g/mol. The Kier molecular flexibility index (Phi) is 7.91. The zero-order chi connectivity index (χ0) is 23.3. The first-order valence-electron chi connectivity index (χ1n) is 10.3. The molecule has 1 atom stereocenters. The zero-order valence-electron chi connectivity index (χ0n) is 17.6. The van der Waals surface area contributed by atoms with Gasteiger partial charge in [0.05, 0.1) is 5.52 Å². The molecule has 9 heteroatoms. The minimum atomic E-state index is -0.640. The van der Waals surface area contributed by atoms with E-state index in [4.69, 9.17) is 5.73 Å². The Morgan fingerprint density at radius 1 is 1.06 bits per heavy atom. The summed E-state index contributed by atoms with van der Waals surface area (Å²) in [6, 6.07) is 9.50. The number of aromatic amines is 1. The number of carbonyl (C=O) groups is 2. The number of rotatable bonds is 2. The molecule has 0 spiro atoms. The summed E-state index contributed by atoms with van der Waals surface area (Å²) in [7, 11) is -0.276. The number of halogens is 3. The van der Waals surface area contributed by atoms with Gasteiger partial charge in [-0.3, -0.25) is 9.59 Å². The van der Waals surface area contributed by atoms with Crippen molar-refractivity contribution in [3.63, 3.8) is 0 Å². The molecule has 5 nitrogen and oxygen atoms in total. The summed E-state index contributed by atoms with van der Waals surface area (Å²) in [4.78, 5) is 23.6. The van der Waals surface area contributed by atoms with E-state index in [9.17, 15) is 22.8 Å². The highest BCUT2D eigenvalue weighted by atomic mass is 31.1. The zero-order valence-corrected chi connectivity index (χ0v) is 18.5. The first-order chi connectivity index (χ1) is 15.2. The van der Waals surface area contributed by atoms with Crippen molar-refractivity contribution >= 4 is 30.4 Å². The van der Waals surface area contributed by atoms with Crippen molar-refractivity contribution in [3.8, 4) is 11.3 Å². The molecule has 4 N–H and O–H groups in total. The standard InChI is InChI=1S/C14H8F3N.C5H9NO.C4H8NOP/c15-10-3-1-8(2-4-10)13-6-9-5-11(16)7-12(17)14(9)18-13;6-5(7)4-2-1-3-4;1-7-3-2-5-4(7)6/h1-7,18H;4H,1-3H2,(H2,6,7);2-3H2,1H3,(H,5,6). The van der Waals surface area contributed by atoms with Gasteiger partial charge in [0.1, 0.15) is 17.5 Å². The molecule has 1 saturated carbocycles. The number of aromatic nitrogens is 1. The maximum absolute atomic E-state index is 13.5. The number of nitrogens with one attached hydrogen (secondary N) is 2. The highest BCUT2D eigenvalue weighted by Crippen LogP contribution is 2.33. The third kappa shape index (κ3) is 6.10. The molecule has 1 saturated heterocycles. The lowest BCUT2D eigenvalue weighted by atomic mass is 9.85. The molecule has 1 unspecified atom stereocenters. The molecular weight excluding hydrogens is 438 g/mol. The van der Waals surface area contributed by atoms with E-state index >= 15 is 0 Å². The SMILES string of the molecule is CP1CCNC1=O.Fc1ccc(-c2cc3cc(F)cc(F)c3[nH]2)cc1.NC(=O)C1CCC1. The molecule has 170 valence electrons. The number of nitrogens with two attached hydrogens (primary N) is 1. The number of fused-ring (bicyclic) bond motifs is 1. The summed E-state index contributed by atoms with van der Waals surface area (Å²) >= 11 is 0. The Hall–Kier alpha value is -2.86. The van der Waals surface area contributed by atoms with Crippen LogP contribution in [0.2, 0.25) is 0 Å². The van der Waals surface area contributed by atoms with Gasteiger partial charge in [-0.2, -0.15) is 0 Å². The maximum Gasteiger partial charge on any atom is 0.240 e. The maximum atomic E-state index is 13.5. The van der Waals surface area contributed by atoms with Crippen molar-refractivity contribution in [2.24, 2.45) is 11.7 Å². The van der Waals surface area contributed by atoms with Crippen LogP contribution in [0.25, 0.3) is 22.2 Å². The van der Waals surface area contributed by atoms with E-state index in [2.05, 4.69) is 10.3 Å². The molecule has 32 heavy (non-hydrogen) atoms.